The molecule has 5 rings (SSSR count). The summed E-state index contributed by atoms with van der Waals surface area (Å²) in [6, 6.07) is 3.51. The fourth-order valence-corrected chi connectivity index (χ4v) is 8.15. The number of likely N-dealkylation sites (tertiary alicyclic amines) is 1. The molecule has 4 N–H and O–H groups in total. The van der Waals surface area contributed by atoms with Crippen LogP contribution in [0.4, 0.5) is 9.59 Å². The lowest BCUT2D eigenvalue weighted by molar-refractivity contribution is -0.142. The molecule has 0 radical (unpaired) electrons. The maximum Gasteiger partial charge on any atom is 0.407 e. The van der Waals surface area contributed by atoms with Crippen molar-refractivity contribution in [2.75, 3.05) is 26.4 Å². The molecule has 302 valence electrons. The maximum absolute atomic E-state index is 14.0. The average Bonchev–Trinajstić information content (AvgIpc) is 3.99. The van der Waals surface area contributed by atoms with Gasteiger partial charge in [0, 0.05) is 24.6 Å². The minimum Gasteiger partial charge on any atom is -0.489 e. The van der Waals surface area contributed by atoms with E-state index in [2.05, 4.69) is 21.9 Å². The lowest BCUT2D eigenvalue weighted by Gasteiger charge is -2.35. The van der Waals surface area contributed by atoms with Crippen molar-refractivity contribution in [3.63, 3.8) is 0 Å². The van der Waals surface area contributed by atoms with Gasteiger partial charge in [-0.15, -0.1) is 6.58 Å². The van der Waals surface area contributed by atoms with Gasteiger partial charge in [-0.1, -0.05) is 45.1 Å². The zero-order valence-electron chi connectivity index (χ0n) is 32.1. The first kappa shape index (κ1) is 41.5. The molecule has 17 heteroatoms. The molecule has 2 aliphatic carbocycles. The molecule has 2 saturated carbocycles. The molecule has 4 unspecified atom stereocenters. The number of nitrogens with one attached hydrogen (secondary N) is 3. The minimum atomic E-state index is -3.85. The average molecular weight is 788 g/mol. The summed E-state index contributed by atoms with van der Waals surface area (Å²) in [7, 11) is -3.85. The van der Waals surface area contributed by atoms with Crippen LogP contribution in [-0.2, 0) is 47.0 Å². The minimum absolute atomic E-state index is 0.135. The lowest BCUT2D eigenvalue weighted by Crippen LogP contribution is -2.60. The van der Waals surface area contributed by atoms with Crippen LogP contribution >= 0.6 is 0 Å². The lowest BCUT2D eigenvalue weighted by atomic mass is 9.85. The number of nitrogens with zero attached hydrogens (tertiary/aromatic N) is 2. The number of fused-ring (bicyclic) bond motifs is 1. The molecule has 1 aromatic carbocycles. The number of carbonyl (C=O) groups is 5. The SMILES string of the molecule is C=CC1CC1(NC(=O)C1CCCN1C(=O)C(NC(=O)OCC(C)(C)OCC=CCOc1cccc2c1CN(C(=O)O)C2)C(C)(C)C)C(=O)NS(=O)(=O)C1CC1. The Labute approximate surface area is 322 Å². The van der Waals surface area contributed by atoms with Crippen molar-refractivity contribution in [3.8, 4) is 5.75 Å². The highest BCUT2D eigenvalue weighted by Crippen LogP contribution is 2.45. The van der Waals surface area contributed by atoms with Crippen LogP contribution in [0.5, 0.6) is 5.75 Å². The summed E-state index contributed by atoms with van der Waals surface area (Å²) in [5.74, 6) is -1.73. The number of alkyl carbamates (subject to hydrolysis) is 1. The van der Waals surface area contributed by atoms with Crippen LogP contribution in [0.25, 0.3) is 0 Å². The number of sulfonamides is 1. The Morgan fingerprint density at radius 2 is 1.76 bits per heavy atom. The first-order chi connectivity index (χ1) is 25.8. The standard InChI is InChI=1S/C38H53N5O11S/c1-7-25-20-38(25,33(46)41-55(50,51)26-15-16-26)40-31(44)28-13-11-17-43(28)32(45)30(36(2,3)4)39-34(47)53-23-37(5,6)54-19-9-8-18-52-29-14-10-12-24-21-42(35(48)49)22-27(24)29/h7-10,12,14,25-26,28,30H,1,11,13,15-23H2,2-6H3,(H,39,47)(H,40,44)(H,41,46)(H,48,49). The molecule has 5 amide bonds. The molecule has 4 aliphatic rings. The molecule has 4 atom stereocenters. The van der Waals surface area contributed by atoms with Gasteiger partial charge in [0.05, 0.1) is 24.0 Å². The fraction of sp³-hybridized carbons (Fsp3) is 0.605. The second-order valence-electron chi connectivity index (χ2n) is 16.3. The summed E-state index contributed by atoms with van der Waals surface area (Å²) < 4.78 is 44.4. The van der Waals surface area contributed by atoms with Gasteiger partial charge in [-0.25, -0.2) is 18.0 Å². The first-order valence-electron chi connectivity index (χ1n) is 18.5. The van der Waals surface area contributed by atoms with Crippen molar-refractivity contribution < 1.29 is 51.7 Å². The van der Waals surface area contributed by atoms with E-state index in [1.807, 2.05) is 12.1 Å². The number of hydrogen-bond donors (Lipinski definition) is 4. The topological polar surface area (TPSA) is 210 Å². The highest BCUT2D eigenvalue weighted by molar-refractivity contribution is 7.91. The monoisotopic (exact) mass is 787 g/mol. The smallest absolute Gasteiger partial charge is 0.407 e. The Bertz CT molecular complexity index is 1820. The van der Waals surface area contributed by atoms with Crippen LogP contribution in [0.15, 0.2) is 43.0 Å². The molecule has 1 saturated heterocycles. The van der Waals surface area contributed by atoms with Crippen LogP contribution in [0.1, 0.15) is 77.8 Å². The van der Waals surface area contributed by atoms with Gasteiger partial charge in [-0.2, -0.15) is 0 Å². The highest BCUT2D eigenvalue weighted by atomic mass is 32.2. The van der Waals surface area contributed by atoms with Gasteiger partial charge in [0.1, 0.15) is 36.6 Å². The fourth-order valence-electron chi connectivity index (χ4n) is 6.79. The summed E-state index contributed by atoms with van der Waals surface area (Å²) in [5, 5.41) is 14.1. The summed E-state index contributed by atoms with van der Waals surface area (Å²) >= 11 is 0. The van der Waals surface area contributed by atoms with Crippen LogP contribution in [0, 0.1) is 11.3 Å². The molecule has 2 aliphatic heterocycles. The molecule has 0 bridgehead atoms. The quantitative estimate of drug-likeness (QED) is 0.179. The van der Waals surface area contributed by atoms with E-state index < -0.39 is 79.7 Å². The van der Waals surface area contributed by atoms with Crippen molar-refractivity contribution in [2.24, 2.45) is 11.3 Å². The molecule has 55 heavy (non-hydrogen) atoms. The molecule has 0 spiro atoms. The van der Waals surface area contributed by atoms with Gasteiger partial charge in [-0.3, -0.25) is 24.0 Å². The zero-order chi connectivity index (χ0) is 40.3. The van der Waals surface area contributed by atoms with Gasteiger partial charge >= 0.3 is 12.2 Å². The van der Waals surface area contributed by atoms with Gasteiger partial charge in [0.2, 0.25) is 21.8 Å². The van der Waals surface area contributed by atoms with Crippen LogP contribution in [0.2, 0.25) is 0 Å². The third-order valence-corrected chi connectivity index (χ3v) is 12.1. The molecule has 1 aromatic rings. The van der Waals surface area contributed by atoms with E-state index >= 15 is 0 Å². The molecular formula is C38H53N5O11S. The number of carboxylic acid groups (broad SMARTS) is 1. The van der Waals surface area contributed by atoms with E-state index in [-0.39, 0.29) is 39.3 Å². The Kier molecular flexibility index (Phi) is 12.2. The third kappa shape index (κ3) is 9.97. The predicted octanol–water partition coefficient (Wildman–Crippen LogP) is 3.21. The number of benzene rings is 1. The number of ether oxygens (including phenoxy) is 3. The first-order valence-corrected chi connectivity index (χ1v) is 20.1. The zero-order valence-corrected chi connectivity index (χ0v) is 32.9. The normalized spacial score (nSPS) is 22.8. The summed E-state index contributed by atoms with van der Waals surface area (Å²) in [5.41, 5.74) is -1.39. The Morgan fingerprint density at radius 1 is 1.05 bits per heavy atom. The molecule has 3 fully saturated rings. The van der Waals surface area contributed by atoms with E-state index in [1.54, 1.807) is 52.8 Å². The number of amides is 5. The molecule has 16 nitrogen and oxygen atoms in total. The van der Waals surface area contributed by atoms with Gasteiger partial charge < -0.3 is 34.9 Å². The van der Waals surface area contributed by atoms with Crippen molar-refractivity contribution >= 4 is 39.9 Å². The number of rotatable bonds is 16. The Morgan fingerprint density at radius 3 is 2.40 bits per heavy atom. The van der Waals surface area contributed by atoms with Crippen LogP contribution in [-0.4, -0.2) is 108 Å². The summed E-state index contributed by atoms with van der Waals surface area (Å²) in [4.78, 5) is 68.0. The van der Waals surface area contributed by atoms with E-state index in [1.165, 1.54) is 15.9 Å². The number of carbonyl (C=O) groups excluding carboxylic acids is 4. The second kappa shape index (κ2) is 16.2. The van der Waals surface area contributed by atoms with Crippen LogP contribution in [0.3, 0.4) is 0 Å². The second-order valence-corrected chi connectivity index (χ2v) is 18.2. The summed E-state index contributed by atoms with van der Waals surface area (Å²) in [6.07, 6.45) is 5.17. The Balaban J connectivity index is 1.10. The van der Waals surface area contributed by atoms with Gasteiger partial charge in [0.25, 0.3) is 5.91 Å². The van der Waals surface area contributed by atoms with Crippen molar-refractivity contribution in [2.45, 2.75) is 108 Å². The molecular weight excluding hydrogens is 735 g/mol. The van der Waals surface area contributed by atoms with Gasteiger partial charge in [-0.05, 0) is 69.1 Å². The molecule has 2 heterocycles. The molecule has 0 aromatic heterocycles. The van der Waals surface area contributed by atoms with E-state index in [4.69, 9.17) is 14.2 Å². The van der Waals surface area contributed by atoms with Crippen LogP contribution < -0.4 is 20.1 Å². The summed E-state index contributed by atoms with van der Waals surface area (Å²) in [6.45, 7) is 13.7. The van der Waals surface area contributed by atoms with E-state index in [9.17, 15) is 37.5 Å². The highest BCUT2D eigenvalue weighted by Gasteiger charge is 2.61. The van der Waals surface area contributed by atoms with Crippen molar-refractivity contribution in [1.29, 1.82) is 0 Å². The largest absolute Gasteiger partial charge is 0.489 e. The Hall–Kier alpha value is -4.64. The maximum atomic E-state index is 14.0. The van der Waals surface area contributed by atoms with Crippen molar-refractivity contribution in [1.82, 2.24) is 25.2 Å². The van der Waals surface area contributed by atoms with Crippen molar-refractivity contribution in [3.05, 3.63) is 54.1 Å². The third-order valence-electron chi connectivity index (χ3n) is 10.3. The predicted molar refractivity (Wildman–Crippen MR) is 200 cm³/mol. The van der Waals surface area contributed by atoms with E-state index in [0.717, 1.165) is 11.1 Å². The van der Waals surface area contributed by atoms with Gasteiger partial charge in [0.15, 0.2) is 0 Å². The number of hydrogen-bond acceptors (Lipinski definition) is 10. The van der Waals surface area contributed by atoms with E-state index in [0.29, 0.717) is 38.0 Å².